The first-order chi connectivity index (χ1) is 16.4. The Bertz CT molecular complexity index is 1110. The summed E-state index contributed by atoms with van der Waals surface area (Å²) in [6, 6.07) is 10.9. The van der Waals surface area contributed by atoms with Crippen molar-refractivity contribution in [3.05, 3.63) is 83.2 Å². The third-order valence-corrected chi connectivity index (χ3v) is 6.88. The molecular formula is C28H27F5O. The average Bonchev–Trinajstić information content (AvgIpc) is 2.85. The minimum absolute atomic E-state index is 0.216. The number of ether oxygens (including phenoxy) is 1. The van der Waals surface area contributed by atoms with Crippen LogP contribution < -0.4 is 4.74 Å². The van der Waals surface area contributed by atoms with Gasteiger partial charge in [0.05, 0.1) is 0 Å². The first-order valence-corrected chi connectivity index (χ1v) is 11.8. The number of rotatable bonds is 7. The molecule has 0 aliphatic heterocycles. The van der Waals surface area contributed by atoms with Crippen molar-refractivity contribution in [2.24, 2.45) is 11.8 Å². The Kier molecular flexibility index (Phi) is 7.54. The lowest BCUT2D eigenvalue weighted by molar-refractivity contribution is 0.259. The second-order valence-electron chi connectivity index (χ2n) is 9.07. The van der Waals surface area contributed by atoms with E-state index >= 15 is 0 Å². The zero-order valence-corrected chi connectivity index (χ0v) is 19.0. The van der Waals surface area contributed by atoms with Crippen molar-refractivity contribution in [3.8, 4) is 22.6 Å². The summed E-state index contributed by atoms with van der Waals surface area (Å²) >= 11 is 0. The minimum Gasteiger partial charge on any atom is -0.453 e. The highest BCUT2D eigenvalue weighted by Gasteiger charge is 2.21. The molecule has 0 N–H and O–H groups in total. The van der Waals surface area contributed by atoms with Gasteiger partial charge in [-0.1, -0.05) is 63.3 Å². The maximum absolute atomic E-state index is 14.6. The molecule has 1 aliphatic rings. The van der Waals surface area contributed by atoms with Crippen LogP contribution in [0.1, 0.15) is 51.0 Å². The van der Waals surface area contributed by atoms with E-state index in [2.05, 4.69) is 6.92 Å². The van der Waals surface area contributed by atoms with Crippen molar-refractivity contribution >= 4 is 0 Å². The molecule has 0 bridgehead atoms. The predicted molar refractivity (Wildman–Crippen MR) is 122 cm³/mol. The number of hydrogen-bond donors (Lipinski definition) is 0. The molecule has 1 nitrogen and oxygen atoms in total. The first kappa shape index (κ1) is 24.2. The maximum atomic E-state index is 14.6. The van der Waals surface area contributed by atoms with Gasteiger partial charge in [-0.05, 0) is 47.9 Å². The van der Waals surface area contributed by atoms with Gasteiger partial charge < -0.3 is 4.74 Å². The van der Waals surface area contributed by atoms with Crippen LogP contribution >= 0.6 is 0 Å². The summed E-state index contributed by atoms with van der Waals surface area (Å²) in [4.78, 5) is 0. The van der Waals surface area contributed by atoms with Crippen LogP contribution in [-0.4, -0.2) is 0 Å². The van der Waals surface area contributed by atoms with E-state index in [0.717, 1.165) is 36.3 Å². The second-order valence-corrected chi connectivity index (χ2v) is 9.07. The molecule has 0 aromatic heterocycles. The van der Waals surface area contributed by atoms with E-state index in [4.69, 9.17) is 4.74 Å². The van der Waals surface area contributed by atoms with Gasteiger partial charge in [0.25, 0.3) is 0 Å². The standard InChI is InChI=1S/C28H27F5O/c1-2-17-3-5-18(6-4-17)7-8-19-9-11-20(12-10-19)22-13-14-23(29)27(33)28(22)34-21-15-24(30)26(32)25(31)16-21/h9-18H,2-8H2,1H3. The van der Waals surface area contributed by atoms with E-state index in [1.165, 1.54) is 38.2 Å². The normalized spacial score (nSPS) is 18.2. The Morgan fingerprint density at radius 2 is 1.35 bits per heavy atom. The molecule has 6 heteroatoms. The quantitative estimate of drug-likeness (QED) is 0.245. The second kappa shape index (κ2) is 10.6. The zero-order chi connectivity index (χ0) is 24.2. The summed E-state index contributed by atoms with van der Waals surface area (Å²) in [6.45, 7) is 2.26. The van der Waals surface area contributed by atoms with Crippen molar-refractivity contribution in [2.45, 2.75) is 51.9 Å². The molecule has 0 heterocycles. The molecule has 3 aromatic rings. The highest BCUT2D eigenvalue weighted by Crippen LogP contribution is 2.38. The average molecular weight is 475 g/mol. The number of benzene rings is 3. The van der Waals surface area contributed by atoms with Gasteiger partial charge in [0.2, 0.25) is 5.82 Å². The van der Waals surface area contributed by atoms with E-state index in [1.807, 2.05) is 12.1 Å². The van der Waals surface area contributed by atoms with Gasteiger partial charge in [0.15, 0.2) is 29.0 Å². The van der Waals surface area contributed by atoms with Crippen molar-refractivity contribution in [3.63, 3.8) is 0 Å². The third-order valence-electron chi connectivity index (χ3n) is 6.88. The van der Waals surface area contributed by atoms with Crippen LogP contribution in [0.15, 0.2) is 48.5 Å². The number of halogens is 5. The molecule has 0 unspecified atom stereocenters. The van der Waals surface area contributed by atoms with E-state index in [1.54, 1.807) is 12.1 Å². The molecule has 0 radical (unpaired) electrons. The fourth-order valence-electron chi connectivity index (χ4n) is 4.72. The van der Waals surface area contributed by atoms with Crippen LogP contribution in [0.4, 0.5) is 22.0 Å². The topological polar surface area (TPSA) is 9.23 Å². The van der Waals surface area contributed by atoms with E-state index in [9.17, 15) is 22.0 Å². The molecular weight excluding hydrogens is 447 g/mol. The molecule has 0 saturated heterocycles. The monoisotopic (exact) mass is 474 g/mol. The molecule has 3 aromatic carbocycles. The largest absolute Gasteiger partial charge is 0.453 e. The van der Waals surface area contributed by atoms with Crippen LogP contribution in [-0.2, 0) is 6.42 Å². The van der Waals surface area contributed by atoms with Crippen LogP contribution in [0, 0.1) is 40.9 Å². The summed E-state index contributed by atoms with van der Waals surface area (Å²) in [5.41, 5.74) is 1.92. The summed E-state index contributed by atoms with van der Waals surface area (Å²) in [6.07, 6.45) is 8.48. The first-order valence-electron chi connectivity index (χ1n) is 11.8. The molecule has 0 atom stereocenters. The minimum atomic E-state index is -1.67. The molecule has 34 heavy (non-hydrogen) atoms. The van der Waals surface area contributed by atoms with Crippen molar-refractivity contribution in [1.29, 1.82) is 0 Å². The lowest BCUT2D eigenvalue weighted by atomic mass is 9.78. The van der Waals surface area contributed by atoms with Gasteiger partial charge in [-0.3, -0.25) is 0 Å². The lowest BCUT2D eigenvalue weighted by Crippen LogP contribution is -2.14. The molecule has 1 aliphatic carbocycles. The Hall–Kier alpha value is -2.89. The summed E-state index contributed by atoms with van der Waals surface area (Å²) in [7, 11) is 0. The van der Waals surface area contributed by atoms with Crippen LogP contribution in [0.25, 0.3) is 11.1 Å². The summed E-state index contributed by atoms with van der Waals surface area (Å²) in [5.74, 6) is -6.49. The van der Waals surface area contributed by atoms with E-state index in [0.29, 0.717) is 17.7 Å². The van der Waals surface area contributed by atoms with Crippen LogP contribution in [0.3, 0.4) is 0 Å². The van der Waals surface area contributed by atoms with Gasteiger partial charge in [-0.2, -0.15) is 4.39 Å². The Morgan fingerprint density at radius 1 is 0.735 bits per heavy atom. The SMILES string of the molecule is CCC1CCC(CCc2ccc(-c3ccc(F)c(F)c3Oc3cc(F)c(F)c(F)c3)cc2)CC1. The molecule has 1 fully saturated rings. The van der Waals surface area contributed by atoms with Gasteiger partial charge in [-0.25, -0.2) is 17.6 Å². The molecule has 4 rings (SSSR count). The van der Waals surface area contributed by atoms with Gasteiger partial charge in [-0.15, -0.1) is 0 Å². The van der Waals surface area contributed by atoms with Gasteiger partial charge in [0, 0.05) is 17.7 Å². The van der Waals surface area contributed by atoms with Gasteiger partial charge in [0.1, 0.15) is 5.75 Å². The maximum Gasteiger partial charge on any atom is 0.201 e. The summed E-state index contributed by atoms with van der Waals surface area (Å²) < 4.78 is 74.2. The molecule has 180 valence electrons. The van der Waals surface area contributed by atoms with Crippen molar-refractivity contribution in [2.75, 3.05) is 0 Å². The van der Waals surface area contributed by atoms with Crippen LogP contribution in [0.5, 0.6) is 11.5 Å². The van der Waals surface area contributed by atoms with Crippen molar-refractivity contribution in [1.82, 2.24) is 0 Å². The third kappa shape index (κ3) is 5.43. The number of hydrogen-bond acceptors (Lipinski definition) is 1. The smallest absolute Gasteiger partial charge is 0.201 e. The Morgan fingerprint density at radius 3 is 1.97 bits per heavy atom. The Labute approximate surface area is 196 Å². The van der Waals surface area contributed by atoms with Gasteiger partial charge >= 0.3 is 0 Å². The fourth-order valence-corrected chi connectivity index (χ4v) is 4.72. The lowest BCUT2D eigenvalue weighted by Gasteiger charge is -2.27. The predicted octanol–water partition coefficient (Wildman–Crippen LogP) is 8.99. The molecule has 0 spiro atoms. The highest BCUT2D eigenvalue weighted by atomic mass is 19.2. The van der Waals surface area contributed by atoms with Crippen LogP contribution in [0.2, 0.25) is 0 Å². The summed E-state index contributed by atoms with van der Waals surface area (Å²) in [5, 5.41) is 0. The highest BCUT2D eigenvalue weighted by molar-refractivity contribution is 5.71. The van der Waals surface area contributed by atoms with Crippen molar-refractivity contribution < 1.29 is 26.7 Å². The zero-order valence-electron chi connectivity index (χ0n) is 19.0. The van der Waals surface area contributed by atoms with E-state index < -0.39 is 40.6 Å². The molecule has 0 amide bonds. The number of aryl methyl sites for hydroxylation is 1. The van der Waals surface area contributed by atoms with E-state index in [-0.39, 0.29) is 5.56 Å². The Balaban J connectivity index is 1.51. The molecule has 1 saturated carbocycles. The fraction of sp³-hybridized carbons (Fsp3) is 0.357.